The molecule has 158 valence electrons. The Morgan fingerprint density at radius 2 is 1.55 bits per heavy atom. The Bertz CT molecular complexity index is 1060. The quantitative estimate of drug-likeness (QED) is 0.448. The summed E-state index contributed by atoms with van der Waals surface area (Å²) in [5.74, 6) is 0.913. The van der Waals surface area contributed by atoms with Crippen LogP contribution in [0.25, 0.3) is 0 Å². The van der Waals surface area contributed by atoms with Gasteiger partial charge in [0.15, 0.2) is 5.82 Å². The van der Waals surface area contributed by atoms with Gasteiger partial charge in [-0.3, -0.25) is 9.80 Å². The highest BCUT2D eigenvalue weighted by atomic mass is 32.1. The van der Waals surface area contributed by atoms with Crippen LogP contribution in [0.3, 0.4) is 0 Å². The van der Waals surface area contributed by atoms with E-state index >= 15 is 0 Å². The normalized spacial score (nSPS) is 16.4. The molecule has 0 saturated carbocycles. The summed E-state index contributed by atoms with van der Waals surface area (Å²) in [5, 5.41) is 15.0. The Balaban J connectivity index is 1.36. The fourth-order valence-electron chi connectivity index (χ4n) is 4.25. The van der Waals surface area contributed by atoms with Gasteiger partial charge in [0.25, 0.3) is 0 Å². The lowest BCUT2D eigenvalue weighted by atomic mass is 10.0. The van der Waals surface area contributed by atoms with Crippen LogP contribution in [0, 0.1) is 0 Å². The molecule has 0 bridgehead atoms. The maximum Gasteiger partial charge on any atom is 0.173 e. The second-order valence-electron chi connectivity index (χ2n) is 7.89. The molecular formula is C24H26N6S. The molecule has 6 nitrogen and oxygen atoms in total. The summed E-state index contributed by atoms with van der Waals surface area (Å²) in [6.07, 6.45) is 0. The van der Waals surface area contributed by atoms with Gasteiger partial charge >= 0.3 is 0 Å². The molecule has 31 heavy (non-hydrogen) atoms. The molecule has 2 aromatic carbocycles. The van der Waals surface area contributed by atoms with Gasteiger partial charge in [0.2, 0.25) is 0 Å². The molecule has 0 aliphatic carbocycles. The van der Waals surface area contributed by atoms with Crippen LogP contribution in [0.2, 0.25) is 0 Å². The van der Waals surface area contributed by atoms with Crippen LogP contribution in [0.15, 0.2) is 78.2 Å². The van der Waals surface area contributed by atoms with Crippen molar-refractivity contribution < 1.29 is 0 Å². The van der Waals surface area contributed by atoms with Crippen molar-refractivity contribution in [1.29, 1.82) is 0 Å². The first-order valence-electron chi connectivity index (χ1n) is 10.7. The molecule has 1 aliphatic heterocycles. The summed E-state index contributed by atoms with van der Waals surface area (Å²) >= 11 is 1.74. The van der Waals surface area contributed by atoms with Crippen LogP contribution in [-0.2, 0) is 13.1 Å². The molecule has 0 amide bonds. The van der Waals surface area contributed by atoms with Crippen LogP contribution >= 0.6 is 11.3 Å². The average molecular weight is 431 g/mol. The van der Waals surface area contributed by atoms with Gasteiger partial charge in [-0.1, -0.05) is 66.7 Å². The number of hydrogen-bond acceptors (Lipinski definition) is 6. The van der Waals surface area contributed by atoms with Crippen molar-refractivity contribution in [2.75, 3.05) is 26.2 Å². The van der Waals surface area contributed by atoms with Crippen LogP contribution in [-0.4, -0.2) is 56.2 Å². The van der Waals surface area contributed by atoms with E-state index in [1.807, 2.05) is 4.68 Å². The highest BCUT2D eigenvalue weighted by molar-refractivity contribution is 7.09. The zero-order valence-corrected chi connectivity index (χ0v) is 18.2. The predicted octanol–water partition coefficient (Wildman–Crippen LogP) is 3.69. The molecule has 1 fully saturated rings. The van der Waals surface area contributed by atoms with E-state index in [0.29, 0.717) is 6.54 Å². The monoisotopic (exact) mass is 430 g/mol. The topological polar surface area (TPSA) is 50.1 Å². The second-order valence-corrected chi connectivity index (χ2v) is 8.92. The number of rotatable bonds is 7. The highest BCUT2D eigenvalue weighted by Gasteiger charge is 2.30. The van der Waals surface area contributed by atoms with Gasteiger partial charge in [0.1, 0.15) is 0 Å². The third-order valence-electron chi connectivity index (χ3n) is 5.83. The van der Waals surface area contributed by atoms with Crippen molar-refractivity contribution in [2.45, 2.75) is 19.1 Å². The Morgan fingerprint density at radius 1 is 0.806 bits per heavy atom. The average Bonchev–Trinajstić information content (AvgIpc) is 3.50. The smallest absolute Gasteiger partial charge is 0.173 e. The summed E-state index contributed by atoms with van der Waals surface area (Å²) in [6, 6.07) is 25.6. The second kappa shape index (κ2) is 9.51. The first-order chi connectivity index (χ1) is 15.4. The van der Waals surface area contributed by atoms with Crippen molar-refractivity contribution >= 4 is 11.3 Å². The van der Waals surface area contributed by atoms with Gasteiger partial charge in [-0.05, 0) is 33.0 Å². The molecule has 1 aliphatic rings. The Hall–Kier alpha value is -2.87. The Morgan fingerprint density at radius 3 is 2.26 bits per heavy atom. The minimum Gasteiger partial charge on any atom is -0.297 e. The number of piperazine rings is 1. The molecule has 1 unspecified atom stereocenters. The highest BCUT2D eigenvalue weighted by Crippen LogP contribution is 2.28. The fraction of sp³-hybridized carbons (Fsp3) is 0.292. The molecule has 2 aromatic heterocycles. The molecule has 0 N–H and O–H groups in total. The van der Waals surface area contributed by atoms with Crippen molar-refractivity contribution in [3.63, 3.8) is 0 Å². The predicted molar refractivity (Wildman–Crippen MR) is 123 cm³/mol. The number of benzene rings is 2. The van der Waals surface area contributed by atoms with Gasteiger partial charge in [0.05, 0.1) is 12.6 Å². The lowest BCUT2D eigenvalue weighted by molar-refractivity contribution is 0.100. The van der Waals surface area contributed by atoms with Gasteiger partial charge in [0, 0.05) is 37.6 Å². The van der Waals surface area contributed by atoms with E-state index in [0.717, 1.165) is 38.5 Å². The number of thiophene rings is 1. The molecule has 3 heterocycles. The van der Waals surface area contributed by atoms with Gasteiger partial charge in [-0.25, -0.2) is 4.68 Å². The fourth-order valence-corrected chi connectivity index (χ4v) is 4.94. The summed E-state index contributed by atoms with van der Waals surface area (Å²) in [6.45, 7) is 5.74. The Kier molecular flexibility index (Phi) is 6.15. The summed E-state index contributed by atoms with van der Waals surface area (Å²) < 4.78 is 1.96. The van der Waals surface area contributed by atoms with Gasteiger partial charge in [-0.2, -0.15) is 0 Å². The van der Waals surface area contributed by atoms with Crippen molar-refractivity contribution in [3.05, 3.63) is 100 Å². The molecule has 4 aromatic rings. The first-order valence-corrected chi connectivity index (χ1v) is 11.6. The standard InChI is InChI=1S/C24H26N6S/c1-3-8-20(9-4-1)18-28-13-15-29(16-14-28)23(21-10-5-2-6-11-21)24-25-26-27-30(24)19-22-12-7-17-31-22/h1-12,17,23H,13-16,18-19H2. The number of nitrogens with zero attached hydrogens (tertiary/aromatic N) is 6. The van der Waals surface area contributed by atoms with Gasteiger partial charge in [-0.15, -0.1) is 16.4 Å². The minimum atomic E-state index is 0.0510. The van der Waals surface area contributed by atoms with E-state index in [1.54, 1.807) is 11.3 Å². The third-order valence-corrected chi connectivity index (χ3v) is 6.69. The summed E-state index contributed by atoms with van der Waals surface area (Å²) in [7, 11) is 0. The van der Waals surface area contributed by atoms with E-state index < -0.39 is 0 Å². The molecule has 1 atom stereocenters. The van der Waals surface area contributed by atoms with Crippen molar-refractivity contribution in [3.8, 4) is 0 Å². The van der Waals surface area contributed by atoms with E-state index in [4.69, 9.17) is 0 Å². The first kappa shape index (κ1) is 20.1. The molecule has 1 saturated heterocycles. The molecule has 7 heteroatoms. The lowest BCUT2D eigenvalue weighted by Crippen LogP contribution is -2.47. The maximum atomic E-state index is 4.49. The molecule has 0 radical (unpaired) electrons. The van der Waals surface area contributed by atoms with Crippen LogP contribution in [0.1, 0.15) is 27.9 Å². The van der Waals surface area contributed by atoms with Crippen LogP contribution in [0.4, 0.5) is 0 Å². The largest absolute Gasteiger partial charge is 0.297 e. The molecular weight excluding hydrogens is 404 g/mol. The summed E-state index contributed by atoms with van der Waals surface area (Å²) in [4.78, 5) is 6.31. The number of hydrogen-bond donors (Lipinski definition) is 0. The molecule has 5 rings (SSSR count). The maximum absolute atomic E-state index is 4.49. The minimum absolute atomic E-state index is 0.0510. The van der Waals surface area contributed by atoms with E-state index in [1.165, 1.54) is 16.0 Å². The van der Waals surface area contributed by atoms with E-state index in [9.17, 15) is 0 Å². The summed E-state index contributed by atoms with van der Waals surface area (Å²) in [5.41, 5.74) is 2.61. The Labute approximate surface area is 186 Å². The third kappa shape index (κ3) is 4.74. The zero-order valence-electron chi connectivity index (χ0n) is 17.4. The molecule has 0 spiro atoms. The van der Waals surface area contributed by atoms with Crippen LogP contribution < -0.4 is 0 Å². The van der Waals surface area contributed by atoms with Crippen LogP contribution in [0.5, 0.6) is 0 Å². The number of aromatic nitrogens is 4. The van der Waals surface area contributed by atoms with E-state index in [-0.39, 0.29) is 6.04 Å². The number of tetrazole rings is 1. The van der Waals surface area contributed by atoms with Gasteiger partial charge < -0.3 is 0 Å². The SMILES string of the molecule is c1ccc(CN2CCN(C(c3ccccc3)c3nnnn3Cc3cccs3)CC2)cc1. The zero-order chi connectivity index (χ0) is 20.9. The van der Waals surface area contributed by atoms with Crippen molar-refractivity contribution in [2.24, 2.45) is 0 Å². The van der Waals surface area contributed by atoms with E-state index in [2.05, 4.69) is 104 Å². The lowest BCUT2D eigenvalue weighted by Gasteiger charge is -2.39. The van der Waals surface area contributed by atoms with Crippen molar-refractivity contribution in [1.82, 2.24) is 30.0 Å².